The number of anilines is 1. The lowest BCUT2D eigenvalue weighted by Crippen LogP contribution is -1.95. The molecule has 0 spiro atoms. The van der Waals surface area contributed by atoms with Crippen molar-refractivity contribution in [1.29, 1.82) is 0 Å². The van der Waals surface area contributed by atoms with Gasteiger partial charge in [0.05, 0.1) is 0 Å². The summed E-state index contributed by atoms with van der Waals surface area (Å²) in [6.45, 7) is 0.484. The summed E-state index contributed by atoms with van der Waals surface area (Å²) >= 11 is 0. The van der Waals surface area contributed by atoms with Crippen molar-refractivity contribution in [2.75, 3.05) is 5.73 Å². The molecule has 0 amide bonds. The van der Waals surface area contributed by atoms with Crippen LogP contribution in [0.1, 0.15) is 5.56 Å². The van der Waals surface area contributed by atoms with Gasteiger partial charge in [-0.25, -0.2) is 0 Å². The van der Waals surface area contributed by atoms with Gasteiger partial charge in [-0.3, -0.25) is 0 Å². The molecule has 0 aliphatic carbocycles. The third kappa shape index (κ3) is 1.57. The van der Waals surface area contributed by atoms with E-state index in [9.17, 15) is 0 Å². The van der Waals surface area contributed by atoms with Crippen LogP contribution < -0.4 is 11.5 Å². The number of rotatable bonds is 2. The van der Waals surface area contributed by atoms with Gasteiger partial charge in [0, 0.05) is 12.1 Å². The molecule has 0 fully saturated rings. The van der Waals surface area contributed by atoms with Crippen LogP contribution in [0.15, 0.2) is 28.8 Å². The van der Waals surface area contributed by atoms with E-state index in [0.29, 0.717) is 12.4 Å². The summed E-state index contributed by atoms with van der Waals surface area (Å²) < 4.78 is 4.92. The number of nitrogens with zero attached hydrogens (tertiary/aromatic N) is 2. The highest BCUT2D eigenvalue weighted by Crippen LogP contribution is 2.18. The lowest BCUT2D eigenvalue weighted by molar-refractivity contribution is 0.433. The van der Waals surface area contributed by atoms with E-state index < -0.39 is 0 Å². The predicted molar refractivity (Wildman–Crippen MR) is 52.0 cm³/mol. The van der Waals surface area contributed by atoms with E-state index in [1.165, 1.54) is 0 Å². The third-order valence-electron chi connectivity index (χ3n) is 1.85. The Kier molecular flexibility index (Phi) is 2.16. The van der Waals surface area contributed by atoms with Gasteiger partial charge in [0.25, 0.3) is 11.8 Å². The number of hydrogen-bond acceptors (Lipinski definition) is 5. The molecule has 14 heavy (non-hydrogen) atoms. The van der Waals surface area contributed by atoms with Gasteiger partial charge in [-0.05, 0) is 22.9 Å². The molecular weight excluding hydrogens is 180 g/mol. The highest BCUT2D eigenvalue weighted by atomic mass is 16.5. The molecular formula is C9H10N4O. The van der Waals surface area contributed by atoms with Crippen LogP contribution in [-0.2, 0) is 6.54 Å². The van der Waals surface area contributed by atoms with E-state index in [2.05, 4.69) is 10.1 Å². The number of nitrogens with two attached hydrogens (primary N) is 2. The Morgan fingerprint density at radius 3 is 2.86 bits per heavy atom. The predicted octanol–water partition coefficient (Wildman–Crippen LogP) is 0.778. The van der Waals surface area contributed by atoms with Crippen molar-refractivity contribution in [1.82, 2.24) is 10.1 Å². The molecule has 0 aliphatic rings. The van der Waals surface area contributed by atoms with E-state index in [1.807, 2.05) is 24.3 Å². The maximum Gasteiger partial charge on any atom is 0.261 e. The Morgan fingerprint density at radius 1 is 1.36 bits per heavy atom. The topological polar surface area (TPSA) is 91.0 Å². The zero-order valence-electron chi connectivity index (χ0n) is 7.47. The molecule has 0 bridgehead atoms. The molecule has 2 rings (SSSR count). The maximum absolute atomic E-state index is 5.51. The van der Waals surface area contributed by atoms with E-state index in [-0.39, 0.29) is 5.95 Å². The van der Waals surface area contributed by atoms with Gasteiger partial charge in [0.1, 0.15) is 0 Å². The average Bonchev–Trinajstić information content (AvgIpc) is 2.65. The van der Waals surface area contributed by atoms with Crippen LogP contribution in [0.25, 0.3) is 11.5 Å². The Hall–Kier alpha value is -1.88. The van der Waals surface area contributed by atoms with Crippen molar-refractivity contribution in [3.8, 4) is 11.5 Å². The molecule has 5 nitrogen and oxygen atoms in total. The van der Waals surface area contributed by atoms with Gasteiger partial charge in [-0.2, -0.15) is 4.98 Å². The first kappa shape index (κ1) is 8.71. The maximum atomic E-state index is 5.51. The van der Waals surface area contributed by atoms with Gasteiger partial charge < -0.3 is 16.0 Å². The number of benzene rings is 1. The second-order valence-corrected chi connectivity index (χ2v) is 2.86. The van der Waals surface area contributed by atoms with Gasteiger partial charge in [-0.1, -0.05) is 12.1 Å². The number of aromatic nitrogens is 2. The Morgan fingerprint density at radius 2 is 2.21 bits per heavy atom. The van der Waals surface area contributed by atoms with Crippen molar-refractivity contribution < 1.29 is 4.52 Å². The number of hydrogen-bond donors (Lipinski definition) is 2. The first-order valence-electron chi connectivity index (χ1n) is 4.18. The van der Waals surface area contributed by atoms with Gasteiger partial charge in [0.15, 0.2) is 0 Å². The van der Waals surface area contributed by atoms with E-state index >= 15 is 0 Å². The highest BCUT2D eigenvalue weighted by Gasteiger charge is 2.06. The normalized spacial score (nSPS) is 10.4. The van der Waals surface area contributed by atoms with Crippen molar-refractivity contribution in [2.24, 2.45) is 5.73 Å². The highest BCUT2D eigenvalue weighted by molar-refractivity contribution is 5.54. The van der Waals surface area contributed by atoms with Gasteiger partial charge in [0.2, 0.25) is 0 Å². The molecule has 1 heterocycles. The summed E-state index contributed by atoms with van der Waals surface area (Å²) in [5.74, 6) is 0.552. The molecule has 2 aromatic rings. The molecule has 4 N–H and O–H groups in total. The number of nitrogen functional groups attached to an aromatic ring is 1. The molecule has 1 aromatic carbocycles. The largest absolute Gasteiger partial charge is 0.365 e. The van der Waals surface area contributed by atoms with Gasteiger partial charge in [-0.15, -0.1) is 0 Å². The quantitative estimate of drug-likeness (QED) is 0.730. The third-order valence-corrected chi connectivity index (χ3v) is 1.85. The molecule has 0 aliphatic heterocycles. The van der Waals surface area contributed by atoms with Crippen LogP contribution >= 0.6 is 0 Å². The molecule has 0 saturated heterocycles. The van der Waals surface area contributed by atoms with Crippen LogP contribution in [0.3, 0.4) is 0 Å². The molecule has 0 atom stereocenters. The van der Waals surface area contributed by atoms with E-state index in [4.69, 9.17) is 16.0 Å². The molecule has 1 aromatic heterocycles. The Balaban J connectivity index is 2.41. The minimum atomic E-state index is 0.137. The van der Waals surface area contributed by atoms with Crippen molar-refractivity contribution in [3.63, 3.8) is 0 Å². The van der Waals surface area contributed by atoms with Crippen LogP contribution in [0.5, 0.6) is 0 Å². The first-order chi connectivity index (χ1) is 6.79. The molecule has 0 radical (unpaired) electrons. The smallest absolute Gasteiger partial charge is 0.261 e. The molecule has 0 saturated carbocycles. The molecule has 0 unspecified atom stereocenters. The lowest BCUT2D eigenvalue weighted by Gasteiger charge is -1.97. The first-order valence-corrected chi connectivity index (χ1v) is 4.18. The van der Waals surface area contributed by atoms with Crippen LogP contribution in [0, 0.1) is 0 Å². The summed E-state index contributed by atoms with van der Waals surface area (Å²) in [6.07, 6.45) is 0. The fourth-order valence-corrected chi connectivity index (χ4v) is 1.18. The lowest BCUT2D eigenvalue weighted by atomic mass is 10.1. The van der Waals surface area contributed by atoms with Crippen molar-refractivity contribution in [3.05, 3.63) is 29.8 Å². The van der Waals surface area contributed by atoms with Crippen LogP contribution in [0.4, 0.5) is 5.95 Å². The monoisotopic (exact) mass is 190 g/mol. The van der Waals surface area contributed by atoms with E-state index in [1.54, 1.807) is 0 Å². The zero-order chi connectivity index (χ0) is 9.97. The fraction of sp³-hybridized carbons (Fsp3) is 0.111. The van der Waals surface area contributed by atoms with Gasteiger partial charge >= 0.3 is 0 Å². The summed E-state index contributed by atoms with van der Waals surface area (Å²) in [6, 6.07) is 7.58. The zero-order valence-corrected chi connectivity index (χ0v) is 7.47. The minimum absolute atomic E-state index is 0.137. The second-order valence-electron chi connectivity index (χ2n) is 2.86. The Labute approximate surface area is 80.7 Å². The standard InChI is InChI=1S/C9H10N4O/c10-5-6-2-1-3-7(4-6)8-12-9(11)13-14-8/h1-4H,5,10H2,(H2,11,13). The van der Waals surface area contributed by atoms with Crippen LogP contribution in [-0.4, -0.2) is 10.1 Å². The Bertz CT molecular complexity index is 438. The van der Waals surface area contributed by atoms with Crippen molar-refractivity contribution >= 4 is 5.95 Å². The minimum Gasteiger partial charge on any atom is -0.365 e. The fourth-order valence-electron chi connectivity index (χ4n) is 1.18. The van der Waals surface area contributed by atoms with Crippen molar-refractivity contribution in [2.45, 2.75) is 6.54 Å². The second kappa shape index (κ2) is 3.47. The summed E-state index contributed by atoms with van der Waals surface area (Å²) in [7, 11) is 0. The summed E-state index contributed by atoms with van der Waals surface area (Å²) in [5.41, 5.74) is 12.7. The SMILES string of the molecule is NCc1cccc(-c2nc(N)no2)c1. The van der Waals surface area contributed by atoms with Crippen LogP contribution in [0.2, 0.25) is 0 Å². The molecule has 5 heteroatoms. The summed E-state index contributed by atoms with van der Waals surface area (Å²) in [4.78, 5) is 3.92. The summed E-state index contributed by atoms with van der Waals surface area (Å²) in [5, 5.41) is 3.51. The van der Waals surface area contributed by atoms with E-state index in [0.717, 1.165) is 11.1 Å². The molecule has 72 valence electrons. The average molecular weight is 190 g/mol.